The van der Waals surface area contributed by atoms with E-state index in [1.54, 1.807) is 0 Å². The van der Waals surface area contributed by atoms with Gasteiger partial charge in [0.2, 0.25) is 5.57 Å². The number of terminal acetylenes is 1. The Morgan fingerprint density at radius 2 is 2.55 bits per heavy atom. The highest BCUT2D eigenvalue weighted by molar-refractivity contribution is 5.26. The number of nitrogens with one attached hydrogen (secondary N) is 1. The average Bonchev–Trinajstić information content (AvgIpc) is 2.05. The lowest BCUT2D eigenvalue weighted by Gasteiger charge is -1.98. The molecule has 1 aliphatic heterocycles. The summed E-state index contributed by atoms with van der Waals surface area (Å²) in [5, 5.41) is 2.98. The molecule has 1 nitrogen and oxygen atoms in total. The lowest BCUT2D eigenvalue weighted by molar-refractivity contribution is -0.00000210. The molecule has 1 N–H and O–H groups in total. The third kappa shape index (κ3) is 2.76. The number of hydrogen-bond donors (Lipinski definition) is 1. The van der Waals surface area contributed by atoms with Crippen LogP contribution in [0.15, 0.2) is 17.7 Å². The molecule has 0 amide bonds. The van der Waals surface area contributed by atoms with Gasteiger partial charge in [0, 0.05) is 6.08 Å². The van der Waals surface area contributed by atoms with Gasteiger partial charge in [0.1, 0.15) is 0 Å². The van der Waals surface area contributed by atoms with Crippen LogP contribution in [0.25, 0.3) is 0 Å². The van der Waals surface area contributed by atoms with Crippen LogP contribution >= 0.6 is 0 Å². The van der Waals surface area contributed by atoms with Crippen molar-refractivity contribution in [2.45, 2.75) is 6.92 Å². The molecule has 1 unspecified atom stereocenters. The molecule has 0 radical (unpaired) electrons. The second kappa shape index (κ2) is 4.96. The van der Waals surface area contributed by atoms with E-state index in [9.17, 15) is 0 Å². The van der Waals surface area contributed by atoms with Gasteiger partial charge in [0.15, 0.2) is 6.20 Å². The van der Waals surface area contributed by atoms with E-state index in [1.807, 2.05) is 19.1 Å². The maximum absolute atomic E-state index is 5.23. The monoisotopic (exact) mass is 211 g/mol. The SMILES string of the molecule is C#CC(C)C1=[C+]NCC=C1.[Br-]. The van der Waals surface area contributed by atoms with Crippen molar-refractivity contribution in [3.63, 3.8) is 0 Å². The molecule has 1 heterocycles. The van der Waals surface area contributed by atoms with E-state index in [1.165, 1.54) is 0 Å². The summed E-state index contributed by atoms with van der Waals surface area (Å²) < 4.78 is 0. The fourth-order valence-corrected chi connectivity index (χ4v) is 0.782. The quantitative estimate of drug-likeness (QED) is 0.395. The Balaban J connectivity index is 0.000001000. The van der Waals surface area contributed by atoms with E-state index in [-0.39, 0.29) is 22.9 Å². The summed E-state index contributed by atoms with van der Waals surface area (Å²) in [4.78, 5) is 0. The van der Waals surface area contributed by atoms with Gasteiger partial charge in [-0.25, -0.2) is 0 Å². The van der Waals surface area contributed by atoms with Crippen molar-refractivity contribution in [2.75, 3.05) is 6.54 Å². The van der Waals surface area contributed by atoms with Gasteiger partial charge in [-0.2, -0.15) is 0 Å². The highest BCUT2D eigenvalue weighted by Crippen LogP contribution is 2.10. The first kappa shape index (κ1) is 10.2. The van der Waals surface area contributed by atoms with E-state index in [2.05, 4.69) is 17.4 Å². The van der Waals surface area contributed by atoms with Crippen molar-refractivity contribution >= 4 is 0 Å². The summed E-state index contributed by atoms with van der Waals surface area (Å²) in [5.41, 5.74) is 1.06. The molecule has 1 rings (SSSR count). The largest absolute Gasteiger partial charge is 1.00 e. The first-order valence-corrected chi connectivity index (χ1v) is 3.33. The third-order valence-corrected chi connectivity index (χ3v) is 1.47. The van der Waals surface area contributed by atoms with Crippen molar-refractivity contribution in [1.82, 2.24) is 5.32 Å². The van der Waals surface area contributed by atoms with Gasteiger partial charge in [0.25, 0.3) is 0 Å². The molecule has 0 saturated carbocycles. The third-order valence-electron chi connectivity index (χ3n) is 1.47. The van der Waals surface area contributed by atoms with Crippen molar-refractivity contribution in [1.29, 1.82) is 0 Å². The Bertz CT molecular complexity index is 210. The average molecular weight is 212 g/mol. The molecule has 1 aliphatic rings. The van der Waals surface area contributed by atoms with E-state index < -0.39 is 0 Å². The minimum Gasteiger partial charge on any atom is -1.00 e. The molecule has 1 atom stereocenters. The van der Waals surface area contributed by atoms with Gasteiger partial charge in [-0.3, -0.25) is 5.32 Å². The van der Waals surface area contributed by atoms with Gasteiger partial charge in [0.05, 0.1) is 18.5 Å². The maximum atomic E-state index is 5.23. The highest BCUT2D eigenvalue weighted by Gasteiger charge is 2.14. The molecule has 0 aromatic rings. The van der Waals surface area contributed by atoms with E-state index >= 15 is 0 Å². The number of rotatable bonds is 1. The van der Waals surface area contributed by atoms with Crippen LogP contribution in [0.1, 0.15) is 6.92 Å². The Morgan fingerprint density at radius 1 is 1.82 bits per heavy atom. The minimum absolute atomic E-state index is 0. The lowest BCUT2D eigenvalue weighted by Crippen LogP contribution is -3.00. The lowest BCUT2D eigenvalue weighted by atomic mass is 10.0. The molecule has 0 spiro atoms. The summed E-state index contributed by atoms with van der Waals surface area (Å²) in [6.07, 6.45) is 12.3. The van der Waals surface area contributed by atoms with Crippen LogP contribution < -0.4 is 22.3 Å². The van der Waals surface area contributed by atoms with Crippen LogP contribution in [0.3, 0.4) is 0 Å². The van der Waals surface area contributed by atoms with Gasteiger partial charge >= 0.3 is 0 Å². The second-order valence-electron chi connectivity index (χ2n) is 2.25. The molecule has 2 heteroatoms. The van der Waals surface area contributed by atoms with Crippen molar-refractivity contribution in [3.8, 4) is 12.3 Å². The predicted octanol–water partition coefficient (Wildman–Crippen LogP) is -1.89. The van der Waals surface area contributed by atoms with Crippen LogP contribution in [0.4, 0.5) is 0 Å². The molecule has 0 fully saturated rings. The predicted molar refractivity (Wildman–Crippen MR) is 41.9 cm³/mol. The maximum Gasteiger partial charge on any atom is 0.207 e. The van der Waals surface area contributed by atoms with Crippen LogP contribution in [0, 0.1) is 24.5 Å². The number of allylic oxidation sites excluding steroid dienone is 2. The molecular weight excluding hydrogens is 202 g/mol. The van der Waals surface area contributed by atoms with Gasteiger partial charge in [-0.1, -0.05) is 5.92 Å². The number of dihydropyridines is 1. The standard InChI is InChI=1S/C9H10N.BrH/c1-3-8(2)9-5-4-6-10-7-9;/h1,4-5,8,10H,6H2,2H3;1H/q+1;/p-1. The van der Waals surface area contributed by atoms with E-state index in [4.69, 9.17) is 6.42 Å². The molecule has 0 aromatic heterocycles. The highest BCUT2D eigenvalue weighted by atomic mass is 79.9. The van der Waals surface area contributed by atoms with Crippen LogP contribution in [0.5, 0.6) is 0 Å². The van der Waals surface area contributed by atoms with Crippen molar-refractivity contribution in [3.05, 3.63) is 23.9 Å². The van der Waals surface area contributed by atoms with Crippen molar-refractivity contribution in [2.24, 2.45) is 5.92 Å². The summed E-state index contributed by atoms with van der Waals surface area (Å²) in [7, 11) is 0. The first-order valence-electron chi connectivity index (χ1n) is 3.33. The number of halogens is 1. The molecule has 0 saturated heterocycles. The van der Waals surface area contributed by atoms with E-state index in [0.29, 0.717) is 0 Å². The second-order valence-corrected chi connectivity index (χ2v) is 2.25. The summed E-state index contributed by atoms with van der Waals surface area (Å²) >= 11 is 0. The Kier molecular flexibility index (Phi) is 4.61. The Labute approximate surface area is 78.3 Å². The normalized spacial score (nSPS) is 16.2. The molecular formula is C9H10BrN. The van der Waals surface area contributed by atoms with Gasteiger partial charge in [-0.05, 0) is 6.92 Å². The minimum atomic E-state index is 0. The number of hydrogen-bond acceptors (Lipinski definition) is 1. The summed E-state index contributed by atoms with van der Waals surface area (Å²) in [6.45, 7) is 2.85. The Hall–Kier alpha value is -0.770. The van der Waals surface area contributed by atoms with Crippen molar-refractivity contribution < 1.29 is 17.0 Å². The summed E-state index contributed by atoms with van der Waals surface area (Å²) in [6, 6.07) is 0. The first-order chi connectivity index (χ1) is 4.84. The van der Waals surface area contributed by atoms with Crippen LogP contribution in [0.2, 0.25) is 0 Å². The van der Waals surface area contributed by atoms with E-state index in [0.717, 1.165) is 12.1 Å². The fourth-order valence-electron chi connectivity index (χ4n) is 0.782. The van der Waals surface area contributed by atoms with Crippen LogP contribution in [-0.2, 0) is 0 Å². The van der Waals surface area contributed by atoms with Gasteiger partial charge < -0.3 is 17.0 Å². The fraction of sp³-hybridized carbons (Fsp3) is 0.333. The summed E-state index contributed by atoms with van der Waals surface area (Å²) in [5.74, 6) is 2.81. The molecule has 0 aromatic carbocycles. The molecule has 11 heavy (non-hydrogen) atoms. The molecule has 0 bridgehead atoms. The smallest absolute Gasteiger partial charge is 0.207 e. The zero-order valence-electron chi connectivity index (χ0n) is 6.39. The van der Waals surface area contributed by atoms with Crippen LogP contribution in [-0.4, -0.2) is 6.54 Å². The zero-order chi connectivity index (χ0) is 7.40. The topological polar surface area (TPSA) is 12.0 Å². The zero-order valence-corrected chi connectivity index (χ0v) is 7.98. The molecule has 58 valence electrons. The Morgan fingerprint density at radius 3 is 3.00 bits per heavy atom. The molecule has 0 aliphatic carbocycles. The van der Waals surface area contributed by atoms with Gasteiger partial charge in [-0.15, -0.1) is 6.42 Å².